The van der Waals surface area contributed by atoms with Crippen LogP contribution < -0.4 is 10.0 Å². The minimum atomic E-state index is -1.20. The van der Waals surface area contributed by atoms with Crippen molar-refractivity contribution in [2.24, 2.45) is 7.05 Å². The lowest BCUT2D eigenvalue weighted by Crippen LogP contribution is -2.42. The van der Waals surface area contributed by atoms with Crippen molar-refractivity contribution in [1.82, 2.24) is 9.29 Å². The van der Waals surface area contributed by atoms with Crippen molar-refractivity contribution in [1.29, 1.82) is 0 Å². The van der Waals surface area contributed by atoms with E-state index in [1.54, 1.807) is 4.57 Å². The quantitative estimate of drug-likeness (QED) is 0.708. The van der Waals surface area contributed by atoms with Gasteiger partial charge in [0.25, 0.3) is 5.91 Å². The standard InChI is InChI=1S/C20H25ClFN3O2S/c1-20(2,3)28(27)24-17-7-5-6-13-14(17)11-25(4)18(13)19(26)23-12-8-9-16(22)15(21)10-12/h8-11,17,24H,5-7H2,1-4H3,(H,23,26)/t17?,28-/m1/s1. The van der Waals surface area contributed by atoms with Gasteiger partial charge in [-0.25, -0.2) is 4.39 Å². The third-order valence-corrected chi connectivity index (χ3v) is 6.71. The van der Waals surface area contributed by atoms with Crippen molar-refractivity contribution >= 4 is 34.6 Å². The van der Waals surface area contributed by atoms with Gasteiger partial charge in [-0.05, 0) is 69.4 Å². The van der Waals surface area contributed by atoms with Gasteiger partial charge in [0.05, 0.1) is 11.1 Å². The molecule has 1 aliphatic carbocycles. The van der Waals surface area contributed by atoms with Crippen molar-refractivity contribution in [2.75, 3.05) is 5.32 Å². The van der Waals surface area contributed by atoms with Crippen molar-refractivity contribution in [3.05, 3.63) is 52.1 Å². The molecule has 0 radical (unpaired) electrons. The minimum Gasteiger partial charge on any atom is -0.598 e. The summed E-state index contributed by atoms with van der Waals surface area (Å²) in [6.45, 7) is 5.78. The lowest BCUT2D eigenvalue weighted by molar-refractivity contribution is 0.101. The van der Waals surface area contributed by atoms with Crippen molar-refractivity contribution < 1.29 is 13.7 Å². The fourth-order valence-electron chi connectivity index (χ4n) is 3.39. The Balaban J connectivity index is 1.85. The zero-order valence-corrected chi connectivity index (χ0v) is 18.0. The highest BCUT2D eigenvalue weighted by Crippen LogP contribution is 2.35. The summed E-state index contributed by atoms with van der Waals surface area (Å²) in [6.07, 6.45) is 4.48. The maximum absolute atomic E-state index is 13.3. The number of hydrogen-bond donors (Lipinski definition) is 2. The van der Waals surface area contributed by atoms with E-state index < -0.39 is 17.2 Å². The Morgan fingerprint density at radius 1 is 1.39 bits per heavy atom. The van der Waals surface area contributed by atoms with E-state index >= 15 is 0 Å². The molecule has 1 aliphatic rings. The van der Waals surface area contributed by atoms with E-state index in [9.17, 15) is 13.7 Å². The summed E-state index contributed by atoms with van der Waals surface area (Å²) in [7, 11) is 1.82. The molecule has 0 saturated carbocycles. The van der Waals surface area contributed by atoms with Crippen LogP contribution in [0, 0.1) is 5.82 Å². The third-order valence-electron chi connectivity index (χ3n) is 4.81. The van der Waals surface area contributed by atoms with E-state index in [-0.39, 0.29) is 21.7 Å². The van der Waals surface area contributed by atoms with E-state index in [2.05, 4.69) is 10.0 Å². The number of carbonyl (C=O) groups excluding carboxylic acids is 1. The average molecular weight is 426 g/mol. The summed E-state index contributed by atoms with van der Waals surface area (Å²) >= 11 is 4.61. The Morgan fingerprint density at radius 3 is 2.75 bits per heavy atom. The molecule has 1 heterocycles. The summed E-state index contributed by atoms with van der Waals surface area (Å²) in [6, 6.07) is 4.03. The summed E-state index contributed by atoms with van der Waals surface area (Å²) in [5.41, 5.74) is 2.96. The number of halogens is 2. The number of fused-ring (bicyclic) bond motifs is 1. The van der Waals surface area contributed by atoms with Crippen LogP contribution in [-0.2, 0) is 24.8 Å². The first kappa shape index (κ1) is 21.2. The van der Waals surface area contributed by atoms with Gasteiger partial charge < -0.3 is 14.4 Å². The second kappa shape index (κ2) is 8.06. The van der Waals surface area contributed by atoms with Gasteiger partial charge in [-0.15, -0.1) is 4.72 Å². The van der Waals surface area contributed by atoms with Gasteiger partial charge in [0.2, 0.25) is 0 Å². The number of anilines is 1. The van der Waals surface area contributed by atoms with Gasteiger partial charge >= 0.3 is 0 Å². The molecular weight excluding hydrogens is 401 g/mol. The van der Waals surface area contributed by atoms with Crippen molar-refractivity contribution in [3.8, 4) is 0 Å². The molecule has 0 spiro atoms. The van der Waals surface area contributed by atoms with Crippen molar-refractivity contribution in [2.45, 2.75) is 50.8 Å². The molecule has 28 heavy (non-hydrogen) atoms. The monoisotopic (exact) mass is 425 g/mol. The normalized spacial score (nSPS) is 17.9. The Labute approximate surface area is 173 Å². The number of nitrogens with zero attached hydrogens (tertiary/aromatic N) is 1. The number of rotatable bonds is 4. The molecule has 1 amide bonds. The van der Waals surface area contributed by atoms with Crippen LogP contribution in [-0.4, -0.2) is 19.8 Å². The highest BCUT2D eigenvalue weighted by Gasteiger charge is 2.34. The number of aryl methyl sites for hydroxylation is 1. The van der Waals surface area contributed by atoms with E-state index in [1.165, 1.54) is 18.2 Å². The first-order valence-corrected chi connectivity index (χ1v) is 10.7. The number of benzene rings is 1. The number of amides is 1. The lowest BCUT2D eigenvalue weighted by atomic mass is 9.90. The zero-order valence-electron chi connectivity index (χ0n) is 16.4. The molecule has 152 valence electrons. The first-order chi connectivity index (χ1) is 13.1. The molecule has 3 rings (SSSR count). The van der Waals surface area contributed by atoms with Gasteiger partial charge in [0, 0.05) is 30.3 Å². The summed E-state index contributed by atoms with van der Waals surface area (Å²) in [4.78, 5) is 12.9. The van der Waals surface area contributed by atoms with Gasteiger partial charge in [-0.3, -0.25) is 4.79 Å². The lowest BCUT2D eigenvalue weighted by Gasteiger charge is -2.30. The molecule has 0 aliphatic heterocycles. The van der Waals surface area contributed by atoms with Gasteiger partial charge in [-0.2, -0.15) is 0 Å². The maximum atomic E-state index is 13.3. The Hall–Kier alpha value is -1.54. The first-order valence-electron chi connectivity index (χ1n) is 9.20. The minimum absolute atomic E-state index is 0.0411. The van der Waals surface area contributed by atoms with E-state index in [0.717, 1.165) is 30.4 Å². The number of aromatic nitrogens is 1. The van der Waals surface area contributed by atoms with Crippen LogP contribution in [0.3, 0.4) is 0 Å². The average Bonchev–Trinajstić information content (AvgIpc) is 2.94. The van der Waals surface area contributed by atoms with Crippen LogP contribution in [0.4, 0.5) is 10.1 Å². The molecule has 0 fully saturated rings. The maximum Gasteiger partial charge on any atom is 0.272 e. The summed E-state index contributed by atoms with van der Waals surface area (Å²) < 4.78 is 30.5. The molecule has 2 N–H and O–H groups in total. The van der Waals surface area contributed by atoms with Crippen LogP contribution in [0.2, 0.25) is 5.02 Å². The molecule has 0 saturated heterocycles. The molecule has 0 bridgehead atoms. The van der Waals surface area contributed by atoms with E-state index in [1.807, 2.05) is 34.0 Å². The zero-order chi connectivity index (χ0) is 20.6. The second-order valence-corrected chi connectivity index (χ2v) is 10.5. The molecule has 1 unspecified atom stereocenters. The molecule has 2 atom stereocenters. The molecule has 8 heteroatoms. The molecule has 2 aromatic rings. The second-order valence-electron chi connectivity index (χ2n) is 8.05. The predicted octanol–water partition coefficient (Wildman–Crippen LogP) is 4.50. The van der Waals surface area contributed by atoms with Crippen LogP contribution in [0.25, 0.3) is 0 Å². The van der Waals surface area contributed by atoms with Gasteiger partial charge in [0.1, 0.15) is 16.3 Å². The number of hydrogen-bond acceptors (Lipinski definition) is 3. The Kier molecular flexibility index (Phi) is 6.10. The highest BCUT2D eigenvalue weighted by atomic mass is 35.5. The van der Waals surface area contributed by atoms with Crippen LogP contribution in [0.15, 0.2) is 24.4 Å². The SMILES string of the molecule is Cn1cc2c(c1C(=O)Nc1ccc(F)c(Cl)c1)CCCC2N[S@+]([O-])C(C)(C)C. The number of nitrogens with one attached hydrogen (secondary N) is 2. The molecule has 5 nitrogen and oxygen atoms in total. The Bertz CT molecular complexity index is 894. The molecule has 1 aromatic carbocycles. The molecule has 1 aromatic heterocycles. The summed E-state index contributed by atoms with van der Waals surface area (Å²) in [5, 5.41) is 2.75. The summed E-state index contributed by atoms with van der Waals surface area (Å²) in [5.74, 6) is -0.805. The Morgan fingerprint density at radius 2 is 2.11 bits per heavy atom. The van der Waals surface area contributed by atoms with Crippen LogP contribution in [0.5, 0.6) is 0 Å². The largest absolute Gasteiger partial charge is 0.598 e. The van der Waals surface area contributed by atoms with Crippen LogP contribution in [0.1, 0.15) is 61.3 Å². The predicted molar refractivity (Wildman–Crippen MR) is 111 cm³/mol. The fourth-order valence-corrected chi connectivity index (χ4v) is 4.43. The fraction of sp³-hybridized carbons (Fsp3) is 0.450. The smallest absolute Gasteiger partial charge is 0.272 e. The van der Waals surface area contributed by atoms with E-state index in [0.29, 0.717) is 11.4 Å². The van der Waals surface area contributed by atoms with Gasteiger partial charge in [-0.1, -0.05) is 11.6 Å². The van der Waals surface area contributed by atoms with Crippen molar-refractivity contribution in [3.63, 3.8) is 0 Å². The molecular formula is C20H25ClFN3O2S. The topological polar surface area (TPSA) is 69.1 Å². The third kappa shape index (κ3) is 4.38. The highest BCUT2D eigenvalue weighted by molar-refractivity contribution is 7.90. The number of carbonyl (C=O) groups is 1. The van der Waals surface area contributed by atoms with Gasteiger partial charge in [0.15, 0.2) is 0 Å². The van der Waals surface area contributed by atoms with E-state index in [4.69, 9.17) is 11.6 Å². The van der Waals surface area contributed by atoms with Crippen LogP contribution >= 0.6 is 11.6 Å².